The third-order valence-electron chi connectivity index (χ3n) is 3.01. The summed E-state index contributed by atoms with van der Waals surface area (Å²) < 4.78 is 10.9. The lowest BCUT2D eigenvalue weighted by molar-refractivity contribution is 0.0990. The van der Waals surface area contributed by atoms with Crippen molar-refractivity contribution in [3.8, 4) is 17.1 Å². The summed E-state index contributed by atoms with van der Waals surface area (Å²) in [6, 6.07) is 15.6. The van der Waals surface area contributed by atoms with E-state index in [1.165, 1.54) is 6.07 Å². The summed E-state index contributed by atoms with van der Waals surface area (Å²) in [5.74, 6) is 0.881. The second kappa shape index (κ2) is 5.19. The quantitative estimate of drug-likeness (QED) is 0.742. The van der Waals surface area contributed by atoms with Crippen molar-refractivity contribution in [2.45, 2.75) is 0 Å². The van der Waals surface area contributed by atoms with Gasteiger partial charge in [-0.05, 0) is 24.3 Å². The molecule has 0 saturated carbocycles. The number of aliphatic hydroxyl groups is 1. The van der Waals surface area contributed by atoms with E-state index in [0.717, 1.165) is 0 Å². The molecule has 0 aliphatic carbocycles. The largest absolute Gasteiger partial charge is 0.467 e. The molecule has 2 aromatic carbocycles. The number of hydrogen-bond donors (Lipinski definition) is 1. The van der Waals surface area contributed by atoms with E-state index in [1.807, 2.05) is 12.1 Å². The van der Waals surface area contributed by atoms with Gasteiger partial charge in [-0.2, -0.15) is 0 Å². The van der Waals surface area contributed by atoms with Gasteiger partial charge < -0.3 is 14.3 Å². The molecule has 0 fully saturated rings. The maximum absolute atomic E-state index is 12.1. The van der Waals surface area contributed by atoms with E-state index < -0.39 is 6.79 Å². The van der Waals surface area contributed by atoms with E-state index in [1.54, 1.807) is 36.4 Å². The maximum atomic E-state index is 12.1. The van der Waals surface area contributed by atoms with Crippen molar-refractivity contribution < 1.29 is 14.3 Å². The van der Waals surface area contributed by atoms with Gasteiger partial charge in [0.1, 0.15) is 17.1 Å². The summed E-state index contributed by atoms with van der Waals surface area (Å²) in [7, 11) is 0. The van der Waals surface area contributed by atoms with Crippen LogP contribution >= 0.6 is 0 Å². The lowest BCUT2D eigenvalue weighted by atomic mass is 10.1. The molecule has 4 heteroatoms. The molecule has 100 valence electrons. The average Bonchev–Trinajstić information content (AvgIpc) is 2.48. The van der Waals surface area contributed by atoms with Crippen LogP contribution in [-0.4, -0.2) is 11.9 Å². The average molecular weight is 268 g/mol. The van der Waals surface area contributed by atoms with Crippen molar-refractivity contribution in [1.82, 2.24) is 0 Å². The van der Waals surface area contributed by atoms with Gasteiger partial charge in [0.2, 0.25) is 0 Å². The highest BCUT2D eigenvalue weighted by atomic mass is 16.6. The van der Waals surface area contributed by atoms with Crippen molar-refractivity contribution >= 4 is 11.0 Å². The summed E-state index contributed by atoms with van der Waals surface area (Å²) in [4.78, 5) is 12.1. The molecule has 1 aromatic heterocycles. The molecule has 0 radical (unpaired) electrons. The minimum absolute atomic E-state index is 0.111. The molecule has 20 heavy (non-hydrogen) atoms. The molecule has 0 bridgehead atoms. The molecule has 0 atom stereocenters. The van der Waals surface area contributed by atoms with Crippen LogP contribution < -0.4 is 10.2 Å². The van der Waals surface area contributed by atoms with Crippen molar-refractivity contribution in [3.63, 3.8) is 0 Å². The Hall–Kier alpha value is -2.59. The van der Waals surface area contributed by atoms with Crippen molar-refractivity contribution in [2.75, 3.05) is 6.79 Å². The molecule has 0 unspecified atom stereocenters. The summed E-state index contributed by atoms with van der Waals surface area (Å²) in [5, 5.41) is 9.44. The predicted octanol–water partition coefficient (Wildman–Crippen LogP) is 2.79. The first-order valence-corrected chi connectivity index (χ1v) is 6.15. The maximum Gasteiger partial charge on any atom is 0.193 e. The van der Waals surface area contributed by atoms with E-state index in [2.05, 4.69) is 0 Å². The van der Waals surface area contributed by atoms with Crippen LogP contribution in [0.5, 0.6) is 5.75 Å². The second-order valence-corrected chi connectivity index (χ2v) is 4.24. The molecule has 3 aromatic rings. The first-order chi connectivity index (χ1) is 9.79. The molecule has 4 nitrogen and oxygen atoms in total. The number of fused-ring (bicyclic) bond motifs is 1. The highest BCUT2D eigenvalue weighted by Gasteiger charge is 2.11. The molecule has 0 spiro atoms. The third kappa shape index (κ3) is 2.17. The SMILES string of the molecule is O=c1cc(-c2ccccc2OCO)oc2ccccc12. The Bertz CT molecular complexity index is 805. The fourth-order valence-electron chi connectivity index (χ4n) is 2.10. The van der Waals surface area contributed by atoms with E-state index in [4.69, 9.17) is 14.3 Å². The molecule has 0 aliphatic rings. The number of benzene rings is 2. The topological polar surface area (TPSA) is 59.7 Å². The third-order valence-corrected chi connectivity index (χ3v) is 3.01. The van der Waals surface area contributed by atoms with E-state index >= 15 is 0 Å². The highest BCUT2D eigenvalue weighted by molar-refractivity contribution is 5.79. The fraction of sp³-hybridized carbons (Fsp3) is 0.0625. The first kappa shape index (κ1) is 12.4. The van der Waals surface area contributed by atoms with E-state index in [0.29, 0.717) is 28.0 Å². The Balaban J connectivity index is 2.23. The molecule has 3 rings (SSSR count). The lowest BCUT2D eigenvalue weighted by Gasteiger charge is -2.09. The Morgan fingerprint density at radius 2 is 1.80 bits per heavy atom. The summed E-state index contributed by atoms with van der Waals surface area (Å²) >= 11 is 0. The predicted molar refractivity (Wildman–Crippen MR) is 75.6 cm³/mol. The van der Waals surface area contributed by atoms with Crippen LogP contribution in [0.4, 0.5) is 0 Å². The Labute approximate surface area is 114 Å². The van der Waals surface area contributed by atoms with Gasteiger partial charge in [0.25, 0.3) is 0 Å². The molecule has 0 saturated heterocycles. The summed E-state index contributed by atoms with van der Waals surface area (Å²) in [5.41, 5.74) is 1.04. The zero-order chi connectivity index (χ0) is 13.9. The van der Waals surface area contributed by atoms with Gasteiger partial charge in [0.15, 0.2) is 12.2 Å². The van der Waals surface area contributed by atoms with Crippen LogP contribution in [0.1, 0.15) is 0 Å². The van der Waals surface area contributed by atoms with E-state index in [9.17, 15) is 4.79 Å². The highest BCUT2D eigenvalue weighted by Crippen LogP contribution is 2.30. The van der Waals surface area contributed by atoms with E-state index in [-0.39, 0.29) is 5.43 Å². The van der Waals surface area contributed by atoms with Gasteiger partial charge in [-0.15, -0.1) is 0 Å². The van der Waals surface area contributed by atoms with Crippen molar-refractivity contribution in [2.24, 2.45) is 0 Å². The van der Waals surface area contributed by atoms with Gasteiger partial charge in [-0.3, -0.25) is 4.79 Å². The molecule has 1 N–H and O–H groups in total. The van der Waals surface area contributed by atoms with Crippen LogP contribution in [0.15, 0.2) is 63.8 Å². The van der Waals surface area contributed by atoms with Gasteiger partial charge >= 0.3 is 0 Å². The number of aliphatic hydroxyl groups excluding tert-OH is 1. The van der Waals surface area contributed by atoms with Gasteiger partial charge in [-0.25, -0.2) is 0 Å². The monoisotopic (exact) mass is 268 g/mol. The zero-order valence-corrected chi connectivity index (χ0v) is 10.6. The number of ether oxygens (including phenoxy) is 1. The molecule has 1 heterocycles. The first-order valence-electron chi connectivity index (χ1n) is 6.15. The minimum atomic E-state index is -0.436. The molecule has 0 aliphatic heterocycles. The molecular formula is C16H12O4. The number of para-hydroxylation sites is 2. The number of rotatable bonds is 3. The zero-order valence-electron chi connectivity index (χ0n) is 10.6. The van der Waals surface area contributed by atoms with Crippen LogP contribution in [0.2, 0.25) is 0 Å². The Kier molecular flexibility index (Phi) is 3.23. The molecular weight excluding hydrogens is 256 g/mol. The van der Waals surface area contributed by atoms with Crippen LogP contribution in [0.25, 0.3) is 22.3 Å². The van der Waals surface area contributed by atoms with Gasteiger partial charge in [0, 0.05) is 6.07 Å². The summed E-state index contributed by atoms with van der Waals surface area (Å²) in [6.07, 6.45) is 0. The second-order valence-electron chi connectivity index (χ2n) is 4.24. The van der Waals surface area contributed by atoms with Crippen LogP contribution in [0.3, 0.4) is 0 Å². The standard InChI is InChI=1S/C16H12O4/c17-10-19-14-7-3-2-6-12(14)16-9-13(18)11-5-1-4-8-15(11)20-16/h1-9,17H,10H2. The smallest absolute Gasteiger partial charge is 0.193 e. The fourth-order valence-corrected chi connectivity index (χ4v) is 2.10. The van der Waals surface area contributed by atoms with Crippen molar-refractivity contribution in [3.05, 3.63) is 64.8 Å². The van der Waals surface area contributed by atoms with Crippen molar-refractivity contribution in [1.29, 1.82) is 0 Å². The van der Waals surface area contributed by atoms with Crippen LogP contribution in [-0.2, 0) is 0 Å². The number of hydrogen-bond acceptors (Lipinski definition) is 4. The van der Waals surface area contributed by atoms with Crippen LogP contribution in [0, 0.1) is 0 Å². The lowest BCUT2D eigenvalue weighted by Crippen LogP contribution is -2.01. The minimum Gasteiger partial charge on any atom is -0.467 e. The Morgan fingerprint density at radius 3 is 2.65 bits per heavy atom. The summed E-state index contributed by atoms with van der Waals surface area (Å²) in [6.45, 7) is -0.436. The normalized spacial score (nSPS) is 10.7. The van der Waals surface area contributed by atoms with Gasteiger partial charge in [-0.1, -0.05) is 24.3 Å². The Morgan fingerprint density at radius 1 is 1.05 bits per heavy atom. The van der Waals surface area contributed by atoms with Gasteiger partial charge in [0.05, 0.1) is 10.9 Å². The molecule has 0 amide bonds.